The lowest BCUT2D eigenvalue weighted by Gasteiger charge is -2.33. The Morgan fingerprint density at radius 3 is 2.74 bits per heavy atom. The molecule has 0 unspecified atom stereocenters. The summed E-state index contributed by atoms with van der Waals surface area (Å²) < 4.78 is 33.4. The van der Waals surface area contributed by atoms with Crippen molar-refractivity contribution in [1.82, 2.24) is 13.6 Å². The van der Waals surface area contributed by atoms with Gasteiger partial charge in [-0.25, -0.2) is 0 Å². The third-order valence-corrected chi connectivity index (χ3v) is 6.62. The molecule has 1 atom stereocenters. The lowest BCUT2D eigenvalue weighted by molar-refractivity contribution is -0.00633. The van der Waals surface area contributed by atoms with Crippen molar-refractivity contribution in [2.45, 2.75) is 19.4 Å². The molecule has 1 aliphatic rings. The Hall–Kier alpha value is -1.51. The molecule has 3 rings (SSSR count). The highest BCUT2D eigenvalue weighted by molar-refractivity contribution is 7.86. The number of morpholine rings is 1. The van der Waals surface area contributed by atoms with Crippen LogP contribution in [0.5, 0.6) is 0 Å². The smallest absolute Gasteiger partial charge is 0.281 e. The fourth-order valence-corrected chi connectivity index (χ4v) is 4.47. The van der Waals surface area contributed by atoms with Crippen LogP contribution in [0.4, 0.5) is 0 Å². The molecule has 2 aromatic rings. The molecule has 146 valence electrons. The first-order valence-corrected chi connectivity index (χ1v) is 10.5. The van der Waals surface area contributed by atoms with E-state index >= 15 is 0 Å². The van der Waals surface area contributed by atoms with Gasteiger partial charge in [-0.15, -0.1) is 0 Å². The molecule has 1 aliphatic heterocycles. The molecule has 0 amide bonds. The van der Waals surface area contributed by atoms with E-state index in [2.05, 4.69) is 4.98 Å². The van der Waals surface area contributed by atoms with Gasteiger partial charge in [0.15, 0.2) is 0 Å². The lowest BCUT2D eigenvalue weighted by atomic mass is 10.0. The van der Waals surface area contributed by atoms with Gasteiger partial charge in [0.25, 0.3) is 10.2 Å². The molecule has 27 heavy (non-hydrogen) atoms. The zero-order valence-corrected chi connectivity index (χ0v) is 17.3. The second-order valence-corrected chi connectivity index (χ2v) is 9.43. The largest absolute Gasteiger partial charge is 0.369 e. The van der Waals surface area contributed by atoms with Crippen molar-refractivity contribution in [1.29, 1.82) is 0 Å². The minimum absolute atomic E-state index is 0.258. The molecular weight excluding hydrogens is 386 g/mol. The lowest BCUT2D eigenvalue weighted by Crippen LogP contribution is -2.47. The first kappa shape index (κ1) is 20.2. The summed E-state index contributed by atoms with van der Waals surface area (Å²) in [5.41, 5.74) is 3.84. The highest BCUT2D eigenvalue weighted by atomic mass is 35.5. The normalized spacial score (nSPS) is 18.8. The molecule has 1 aromatic carbocycles. The van der Waals surface area contributed by atoms with Gasteiger partial charge in [-0.05, 0) is 48.7 Å². The van der Waals surface area contributed by atoms with Gasteiger partial charge < -0.3 is 4.74 Å². The van der Waals surface area contributed by atoms with Crippen molar-refractivity contribution >= 4 is 21.8 Å². The predicted molar refractivity (Wildman–Crippen MR) is 106 cm³/mol. The van der Waals surface area contributed by atoms with Gasteiger partial charge in [-0.3, -0.25) is 4.98 Å². The number of aromatic nitrogens is 1. The van der Waals surface area contributed by atoms with E-state index in [4.69, 9.17) is 16.3 Å². The van der Waals surface area contributed by atoms with Gasteiger partial charge in [0.05, 0.1) is 12.3 Å². The van der Waals surface area contributed by atoms with Crippen molar-refractivity contribution in [3.05, 3.63) is 63.9 Å². The average molecular weight is 410 g/mol. The molecule has 0 radical (unpaired) electrons. The van der Waals surface area contributed by atoms with E-state index in [-0.39, 0.29) is 12.6 Å². The Morgan fingerprint density at radius 1 is 1.26 bits per heavy atom. The maximum Gasteiger partial charge on any atom is 0.281 e. The van der Waals surface area contributed by atoms with Crippen LogP contribution >= 0.6 is 11.6 Å². The van der Waals surface area contributed by atoms with Crippen LogP contribution in [-0.2, 0) is 21.4 Å². The van der Waals surface area contributed by atoms with Crippen LogP contribution in [0.15, 0.2) is 36.4 Å². The zero-order chi connectivity index (χ0) is 19.6. The minimum atomic E-state index is -3.47. The number of benzene rings is 1. The van der Waals surface area contributed by atoms with Crippen molar-refractivity contribution in [3.8, 4) is 0 Å². The zero-order valence-electron chi connectivity index (χ0n) is 15.7. The van der Waals surface area contributed by atoms with E-state index in [0.717, 1.165) is 28.9 Å². The highest BCUT2D eigenvalue weighted by Crippen LogP contribution is 2.25. The summed E-state index contributed by atoms with van der Waals surface area (Å²) >= 11 is 6.08. The number of rotatable bonds is 5. The second-order valence-electron chi connectivity index (χ2n) is 6.86. The molecule has 6 nitrogen and oxygen atoms in total. The van der Waals surface area contributed by atoms with E-state index in [1.54, 1.807) is 0 Å². The van der Waals surface area contributed by atoms with Crippen molar-refractivity contribution in [2.75, 3.05) is 33.8 Å². The molecule has 0 aliphatic carbocycles. The Bertz CT molecular complexity index is 918. The average Bonchev–Trinajstić information content (AvgIpc) is 2.61. The van der Waals surface area contributed by atoms with Gasteiger partial charge in [-0.2, -0.15) is 17.0 Å². The summed E-state index contributed by atoms with van der Waals surface area (Å²) in [6.45, 7) is 2.88. The molecule has 2 heterocycles. The Kier molecular flexibility index (Phi) is 6.18. The van der Waals surface area contributed by atoms with E-state index in [1.807, 2.05) is 43.3 Å². The molecule has 0 bridgehead atoms. The topological polar surface area (TPSA) is 62.7 Å². The minimum Gasteiger partial charge on any atom is -0.369 e. The quantitative estimate of drug-likeness (QED) is 0.761. The maximum atomic E-state index is 12.4. The van der Waals surface area contributed by atoms with Crippen molar-refractivity contribution < 1.29 is 13.2 Å². The van der Waals surface area contributed by atoms with E-state index in [9.17, 15) is 8.42 Å². The van der Waals surface area contributed by atoms with Crippen molar-refractivity contribution in [3.63, 3.8) is 0 Å². The maximum absolute atomic E-state index is 12.4. The molecule has 1 aromatic heterocycles. The van der Waals surface area contributed by atoms with Gasteiger partial charge in [0.2, 0.25) is 0 Å². The summed E-state index contributed by atoms with van der Waals surface area (Å²) in [4.78, 5) is 4.59. The molecule has 1 fully saturated rings. The number of hydrogen-bond acceptors (Lipinski definition) is 4. The van der Waals surface area contributed by atoms with Crippen LogP contribution in [0.2, 0.25) is 5.02 Å². The third kappa shape index (κ3) is 4.86. The summed E-state index contributed by atoms with van der Waals surface area (Å²) in [5, 5.41) is 0.707. The molecule has 8 heteroatoms. The summed E-state index contributed by atoms with van der Waals surface area (Å²) in [5.74, 6) is 0. The van der Waals surface area contributed by atoms with Crippen LogP contribution < -0.4 is 0 Å². The Morgan fingerprint density at radius 2 is 2.04 bits per heavy atom. The Balaban J connectivity index is 1.83. The standard InChI is InChI=1S/C19H24ClN3O3S/c1-14-9-16(10-15-5-4-6-17(20)11-15)12-18(21-14)19-13-23(7-8-26-19)27(24,25)22(2)3/h4-6,9,11-12,19H,7-8,10,13H2,1-3H3/t19-/m0/s1. The highest BCUT2D eigenvalue weighted by Gasteiger charge is 2.32. The van der Waals surface area contributed by atoms with Crippen LogP contribution in [0.1, 0.15) is 28.6 Å². The van der Waals surface area contributed by atoms with Crippen LogP contribution in [0.25, 0.3) is 0 Å². The first-order chi connectivity index (χ1) is 12.8. The molecule has 0 spiro atoms. The number of halogens is 1. The van der Waals surface area contributed by atoms with E-state index in [0.29, 0.717) is 18.2 Å². The SMILES string of the molecule is Cc1cc(Cc2cccc(Cl)c2)cc([C@@H]2CN(S(=O)(=O)N(C)C)CCO2)n1. The summed E-state index contributed by atoms with van der Waals surface area (Å²) in [6, 6.07) is 11.8. The van der Waals surface area contributed by atoms with Gasteiger partial charge in [0, 0.05) is 37.9 Å². The summed E-state index contributed by atoms with van der Waals surface area (Å²) in [6.07, 6.45) is 0.343. The monoisotopic (exact) mass is 409 g/mol. The molecular formula is C19H24ClN3O3S. The van der Waals surface area contributed by atoms with E-state index in [1.165, 1.54) is 22.7 Å². The van der Waals surface area contributed by atoms with Crippen LogP contribution in [-0.4, -0.2) is 55.8 Å². The molecule has 0 N–H and O–H groups in total. The number of nitrogens with zero attached hydrogens (tertiary/aromatic N) is 3. The third-order valence-electron chi connectivity index (χ3n) is 4.48. The number of pyridine rings is 1. The second kappa shape index (κ2) is 8.24. The first-order valence-electron chi connectivity index (χ1n) is 8.77. The Labute approximate surface area is 165 Å². The van der Waals surface area contributed by atoms with Crippen molar-refractivity contribution in [2.24, 2.45) is 0 Å². The molecule has 0 saturated carbocycles. The molecule has 1 saturated heterocycles. The number of ether oxygens (including phenoxy) is 1. The van der Waals surface area contributed by atoms with E-state index < -0.39 is 10.2 Å². The van der Waals surface area contributed by atoms with Gasteiger partial charge in [0.1, 0.15) is 6.10 Å². The van der Waals surface area contributed by atoms with Gasteiger partial charge >= 0.3 is 0 Å². The number of aryl methyl sites for hydroxylation is 1. The number of hydrogen-bond donors (Lipinski definition) is 0. The fourth-order valence-electron chi connectivity index (χ4n) is 3.16. The van der Waals surface area contributed by atoms with Crippen LogP contribution in [0.3, 0.4) is 0 Å². The fraction of sp³-hybridized carbons (Fsp3) is 0.421. The van der Waals surface area contributed by atoms with Gasteiger partial charge in [-0.1, -0.05) is 23.7 Å². The predicted octanol–water partition coefficient (Wildman–Crippen LogP) is 2.81. The van der Waals surface area contributed by atoms with Crippen LogP contribution in [0, 0.1) is 6.92 Å². The summed E-state index contributed by atoms with van der Waals surface area (Å²) in [7, 11) is -0.399.